The van der Waals surface area contributed by atoms with Crippen LogP contribution in [0.4, 0.5) is 18.0 Å². The van der Waals surface area contributed by atoms with E-state index in [0.717, 1.165) is 24.0 Å². The van der Waals surface area contributed by atoms with Crippen LogP contribution >= 0.6 is 11.8 Å². The number of benzene rings is 1. The van der Waals surface area contributed by atoms with Gasteiger partial charge in [-0.25, -0.2) is 19.6 Å². The van der Waals surface area contributed by atoms with E-state index in [1.54, 1.807) is 38.1 Å². The molecule has 0 saturated heterocycles. The lowest BCUT2D eigenvalue weighted by Gasteiger charge is -2.36. The summed E-state index contributed by atoms with van der Waals surface area (Å²) >= 11 is 0.905. The van der Waals surface area contributed by atoms with Gasteiger partial charge in [-0.05, 0) is 25.5 Å². The van der Waals surface area contributed by atoms with Crippen LogP contribution in [0, 0.1) is 0 Å². The van der Waals surface area contributed by atoms with Crippen LogP contribution < -0.4 is 5.32 Å². The van der Waals surface area contributed by atoms with Crippen molar-refractivity contribution in [1.82, 2.24) is 20.2 Å². The number of nitrogens with zero attached hydrogens (tertiary/aromatic N) is 3. The molecule has 0 spiro atoms. The first-order valence-corrected chi connectivity index (χ1v) is 10.8. The number of carbonyl (C=O) groups excluding carboxylic acids is 2. The molecular weight excluding hydrogens is 445 g/mol. The highest BCUT2D eigenvalue weighted by molar-refractivity contribution is 7.99. The van der Waals surface area contributed by atoms with Crippen molar-refractivity contribution in [3.63, 3.8) is 0 Å². The number of rotatable bonds is 7. The molecule has 2 aromatic rings. The number of thioether (sulfide) groups is 1. The predicted octanol–water partition coefficient (Wildman–Crippen LogP) is 4.19. The summed E-state index contributed by atoms with van der Waals surface area (Å²) in [4.78, 5) is 34.5. The van der Waals surface area contributed by atoms with Gasteiger partial charge in [0, 0.05) is 24.2 Å². The molecule has 2 heterocycles. The molecule has 1 aliphatic rings. The molecule has 0 fully saturated rings. The smallest absolute Gasteiger partial charge is 0.433 e. The molecule has 1 aliphatic heterocycles. The van der Waals surface area contributed by atoms with Crippen molar-refractivity contribution in [2.45, 2.75) is 31.2 Å². The minimum Gasteiger partial charge on any atom is -0.463 e. The van der Waals surface area contributed by atoms with Crippen molar-refractivity contribution in [3.8, 4) is 0 Å². The molecule has 2 amide bonds. The number of hydrogen-bond donors (Lipinski definition) is 1. The van der Waals surface area contributed by atoms with Gasteiger partial charge in [0.1, 0.15) is 5.69 Å². The summed E-state index contributed by atoms with van der Waals surface area (Å²) in [7, 11) is 0. The first-order chi connectivity index (χ1) is 15.3. The van der Waals surface area contributed by atoms with Crippen LogP contribution in [0.3, 0.4) is 0 Å². The van der Waals surface area contributed by atoms with Crippen molar-refractivity contribution in [3.05, 3.63) is 65.1 Å². The highest BCUT2D eigenvalue weighted by Gasteiger charge is 2.38. The van der Waals surface area contributed by atoms with Gasteiger partial charge >= 0.3 is 18.2 Å². The molecule has 0 radical (unpaired) electrons. The monoisotopic (exact) mass is 466 g/mol. The number of alkyl halides is 3. The zero-order chi connectivity index (χ0) is 23.3. The Morgan fingerprint density at radius 1 is 1.22 bits per heavy atom. The Balaban J connectivity index is 2.03. The third-order valence-electron chi connectivity index (χ3n) is 4.64. The van der Waals surface area contributed by atoms with Crippen LogP contribution in [0.5, 0.6) is 0 Å². The molecule has 11 heteroatoms. The fourth-order valence-corrected chi connectivity index (χ4v) is 4.11. The molecule has 0 unspecified atom stereocenters. The van der Waals surface area contributed by atoms with E-state index in [9.17, 15) is 22.8 Å². The number of hydrogen-bond acceptors (Lipinski definition) is 6. The lowest BCUT2D eigenvalue weighted by atomic mass is 9.95. The van der Waals surface area contributed by atoms with Gasteiger partial charge in [-0.15, -0.1) is 0 Å². The fourth-order valence-electron chi connectivity index (χ4n) is 3.24. The average molecular weight is 466 g/mol. The largest absolute Gasteiger partial charge is 0.463 e. The van der Waals surface area contributed by atoms with E-state index in [4.69, 9.17) is 4.74 Å². The minimum absolute atomic E-state index is 0.0000513. The maximum atomic E-state index is 13.0. The molecule has 0 aliphatic carbocycles. The van der Waals surface area contributed by atoms with Crippen LogP contribution in [0.1, 0.15) is 31.1 Å². The third-order valence-corrected chi connectivity index (χ3v) is 5.52. The Kier molecular flexibility index (Phi) is 7.39. The Morgan fingerprint density at radius 3 is 2.56 bits per heavy atom. The van der Waals surface area contributed by atoms with Gasteiger partial charge in [0.2, 0.25) is 0 Å². The maximum absolute atomic E-state index is 13.0. The van der Waals surface area contributed by atoms with Crippen LogP contribution in [0.2, 0.25) is 0 Å². The fraction of sp³-hybridized carbons (Fsp3) is 0.333. The number of ether oxygens (including phenoxy) is 1. The van der Waals surface area contributed by atoms with Gasteiger partial charge in [0.25, 0.3) is 0 Å². The van der Waals surface area contributed by atoms with Gasteiger partial charge in [-0.1, -0.05) is 42.1 Å². The average Bonchev–Trinajstić information content (AvgIpc) is 2.77. The molecule has 1 aromatic carbocycles. The zero-order valence-electron chi connectivity index (χ0n) is 17.3. The summed E-state index contributed by atoms with van der Waals surface area (Å²) in [6.07, 6.45) is -3.58. The molecule has 32 heavy (non-hydrogen) atoms. The highest BCUT2D eigenvalue weighted by Crippen LogP contribution is 2.34. The molecule has 0 bridgehead atoms. The van der Waals surface area contributed by atoms with E-state index >= 15 is 0 Å². The van der Waals surface area contributed by atoms with Gasteiger partial charge in [-0.3, -0.25) is 4.90 Å². The molecule has 7 nitrogen and oxygen atoms in total. The number of aromatic nitrogens is 2. The predicted molar refractivity (Wildman–Crippen MR) is 112 cm³/mol. The van der Waals surface area contributed by atoms with Crippen molar-refractivity contribution in [2.24, 2.45) is 0 Å². The Morgan fingerprint density at radius 2 is 1.94 bits per heavy atom. The number of nitrogens with one attached hydrogen (secondary N) is 1. The van der Waals surface area contributed by atoms with E-state index in [1.807, 2.05) is 6.07 Å². The minimum atomic E-state index is -4.60. The summed E-state index contributed by atoms with van der Waals surface area (Å²) in [6, 6.07) is 8.51. The van der Waals surface area contributed by atoms with E-state index < -0.39 is 29.9 Å². The second-order valence-electron chi connectivity index (χ2n) is 6.63. The Labute approximate surface area is 187 Å². The van der Waals surface area contributed by atoms with E-state index in [1.165, 1.54) is 4.90 Å². The molecule has 1 atom stereocenters. The highest BCUT2D eigenvalue weighted by atomic mass is 32.2. The summed E-state index contributed by atoms with van der Waals surface area (Å²) in [5, 5.41) is 2.70. The van der Waals surface area contributed by atoms with Crippen molar-refractivity contribution in [1.29, 1.82) is 0 Å². The molecule has 170 valence electrons. The Bertz CT molecular complexity index is 1010. The normalized spacial score (nSPS) is 16.7. The molecule has 3 rings (SSSR count). The first kappa shape index (κ1) is 23.6. The standard InChI is InChI=1S/C21H21F3N4O3S/c1-3-28-14(12-32-19-25-11-10-15(26-19)21(22,23)24)16(18(29)31-4-2)17(27-20(28)30)13-8-6-5-7-9-13/h5-11,17H,3-4,12H2,1-2H3,(H,27,30)/t17-/m1/s1. The second-order valence-corrected chi connectivity index (χ2v) is 7.57. The van der Waals surface area contributed by atoms with Crippen LogP contribution in [-0.4, -0.2) is 45.8 Å². The van der Waals surface area contributed by atoms with Crippen LogP contribution in [0.15, 0.2) is 59.0 Å². The summed E-state index contributed by atoms with van der Waals surface area (Å²) in [6.45, 7) is 3.77. The number of halogens is 3. The maximum Gasteiger partial charge on any atom is 0.433 e. The topological polar surface area (TPSA) is 84.4 Å². The molecule has 1 N–H and O–H groups in total. The number of carbonyl (C=O) groups is 2. The number of esters is 1. The summed E-state index contributed by atoms with van der Waals surface area (Å²) in [5.41, 5.74) is 0.177. The van der Waals surface area contributed by atoms with Gasteiger partial charge in [-0.2, -0.15) is 13.2 Å². The van der Waals surface area contributed by atoms with Crippen LogP contribution in [-0.2, 0) is 15.7 Å². The van der Waals surface area contributed by atoms with E-state index in [2.05, 4.69) is 15.3 Å². The van der Waals surface area contributed by atoms with E-state index in [-0.39, 0.29) is 29.6 Å². The lowest BCUT2D eigenvalue weighted by molar-refractivity contribution is -0.141. The summed E-state index contributed by atoms with van der Waals surface area (Å²) < 4.78 is 44.2. The third kappa shape index (κ3) is 5.21. The van der Waals surface area contributed by atoms with Gasteiger partial charge < -0.3 is 10.1 Å². The molecular formula is C21H21F3N4O3S. The van der Waals surface area contributed by atoms with Crippen molar-refractivity contribution >= 4 is 23.8 Å². The van der Waals surface area contributed by atoms with Gasteiger partial charge in [0.05, 0.1) is 18.2 Å². The van der Waals surface area contributed by atoms with Crippen molar-refractivity contribution in [2.75, 3.05) is 18.9 Å². The van der Waals surface area contributed by atoms with E-state index in [0.29, 0.717) is 11.3 Å². The second kappa shape index (κ2) is 10.0. The van der Waals surface area contributed by atoms with Crippen molar-refractivity contribution < 1.29 is 27.5 Å². The zero-order valence-corrected chi connectivity index (χ0v) is 18.2. The van der Waals surface area contributed by atoms with Crippen LogP contribution in [0.25, 0.3) is 0 Å². The lowest BCUT2D eigenvalue weighted by Crippen LogP contribution is -2.49. The Hall–Kier alpha value is -3.08. The quantitative estimate of drug-likeness (QED) is 0.374. The number of urea groups is 1. The number of amides is 2. The first-order valence-electron chi connectivity index (χ1n) is 9.82. The summed E-state index contributed by atoms with van der Waals surface area (Å²) in [5.74, 6) is -0.611. The SMILES string of the molecule is CCOC(=O)C1=C(CSc2nccc(C(F)(F)F)n2)N(CC)C(=O)N[C@@H]1c1ccccc1. The molecule has 0 saturated carbocycles. The molecule has 1 aromatic heterocycles. The van der Waals surface area contributed by atoms with Gasteiger partial charge in [0.15, 0.2) is 5.16 Å².